The van der Waals surface area contributed by atoms with Crippen LogP contribution in [0.3, 0.4) is 0 Å². The number of nitrogens with one attached hydrogen (secondary N) is 1. The summed E-state index contributed by atoms with van der Waals surface area (Å²) in [6.07, 6.45) is 5.56. The van der Waals surface area contributed by atoms with E-state index in [-0.39, 0.29) is 0 Å². The van der Waals surface area contributed by atoms with Gasteiger partial charge in [0, 0.05) is 11.0 Å². The number of halogens is 2. The summed E-state index contributed by atoms with van der Waals surface area (Å²) in [4.78, 5) is 0. The minimum atomic E-state index is 0.662. The summed E-state index contributed by atoms with van der Waals surface area (Å²) in [6.45, 7) is 4.67. The van der Waals surface area contributed by atoms with Gasteiger partial charge in [0.05, 0.1) is 5.02 Å². The molecule has 1 fully saturated rings. The number of aryl methyl sites for hydroxylation is 1. The second-order valence-corrected chi connectivity index (χ2v) is 6.56. The molecule has 0 amide bonds. The summed E-state index contributed by atoms with van der Waals surface area (Å²) < 4.78 is 6.76. The second kappa shape index (κ2) is 7.51. The topological polar surface area (TPSA) is 21.3 Å². The van der Waals surface area contributed by atoms with E-state index in [0.717, 1.165) is 34.8 Å². The van der Waals surface area contributed by atoms with Crippen LogP contribution in [0.1, 0.15) is 31.2 Å². The van der Waals surface area contributed by atoms with Crippen LogP contribution >= 0.6 is 27.5 Å². The molecule has 0 bridgehead atoms. The van der Waals surface area contributed by atoms with Crippen molar-refractivity contribution in [3.8, 4) is 5.75 Å². The predicted octanol–water partition coefficient (Wildman–Crippen LogP) is 4.57. The summed E-state index contributed by atoms with van der Waals surface area (Å²) in [6, 6.07) is 3.89. The maximum absolute atomic E-state index is 6.18. The molecule has 0 spiro atoms. The SMILES string of the molecule is Cc1cc(Br)cc(Cl)c1OCCNCC1CCCC1. The van der Waals surface area contributed by atoms with E-state index in [1.165, 1.54) is 25.7 Å². The third-order valence-electron chi connectivity index (χ3n) is 3.63. The molecule has 1 saturated carbocycles. The Morgan fingerprint density at radius 3 is 2.79 bits per heavy atom. The molecule has 1 aliphatic carbocycles. The minimum Gasteiger partial charge on any atom is -0.490 e. The molecule has 0 heterocycles. The Labute approximate surface area is 129 Å². The Balaban J connectivity index is 1.70. The highest BCUT2D eigenvalue weighted by atomic mass is 79.9. The first-order valence-electron chi connectivity index (χ1n) is 6.96. The lowest BCUT2D eigenvalue weighted by molar-refractivity contribution is 0.307. The molecular weight excluding hydrogens is 326 g/mol. The maximum Gasteiger partial charge on any atom is 0.140 e. The van der Waals surface area contributed by atoms with Crippen LogP contribution in [-0.4, -0.2) is 19.7 Å². The van der Waals surface area contributed by atoms with Gasteiger partial charge in [-0.2, -0.15) is 0 Å². The van der Waals surface area contributed by atoms with Gasteiger partial charge in [0.2, 0.25) is 0 Å². The summed E-state index contributed by atoms with van der Waals surface area (Å²) in [5, 5.41) is 4.14. The van der Waals surface area contributed by atoms with Crippen molar-refractivity contribution in [3.05, 3.63) is 27.2 Å². The smallest absolute Gasteiger partial charge is 0.140 e. The van der Waals surface area contributed by atoms with E-state index in [2.05, 4.69) is 21.2 Å². The molecule has 19 heavy (non-hydrogen) atoms. The molecule has 0 atom stereocenters. The largest absolute Gasteiger partial charge is 0.490 e. The molecule has 0 aromatic heterocycles. The van der Waals surface area contributed by atoms with Crippen molar-refractivity contribution >= 4 is 27.5 Å². The molecule has 106 valence electrons. The van der Waals surface area contributed by atoms with Gasteiger partial charge in [-0.15, -0.1) is 0 Å². The van der Waals surface area contributed by atoms with Crippen LogP contribution < -0.4 is 10.1 Å². The number of hydrogen-bond acceptors (Lipinski definition) is 2. The number of rotatable bonds is 6. The molecule has 4 heteroatoms. The van der Waals surface area contributed by atoms with Crippen LogP contribution in [0.25, 0.3) is 0 Å². The molecular formula is C15H21BrClNO. The molecule has 1 aliphatic rings. The average molecular weight is 347 g/mol. The van der Waals surface area contributed by atoms with Gasteiger partial charge in [0.15, 0.2) is 0 Å². The molecule has 0 saturated heterocycles. The fraction of sp³-hybridized carbons (Fsp3) is 0.600. The highest BCUT2D eigenvalue weighted by molar-refractivity contribution is 9.10. The highest BCUT2D eigenvalue weighted by Crippen LogP contribution is 2.31. The van der Waals surface area contributed by atoms with Crippen molar-refractivity contribution in [3.63, 3.8) is 0 Å². The Morgan fingerprint density at radius 1 is 1.37 bits per heavy atom. The standard InChI is InChI=1S/C15H21BrClNO/c1-11-8-13(16)9-14(17)15(11)19-7-6-18-10-12-4-2-3-5-12/h8-9,12,18H,2-7,10H2,1H3. The molecule has 2 nitrogen and oxygen atoms in total. The van der Waals surface area contributed by atoms with Crippen molar-refractivity contribution in [1.29, 1.82) is 0 Å². The van der Waals surface area contributed by atoms with E-state index in [4.69, 9.17) is 16.3 Å². The molecule has 1 aromatic carbocycles. The Kier molecular flexibility index (Phi) is 5.99. The first-order chi connectivity index (χ1) is 9.16. The van der Waals surface area contributed by atoms with Gasteiger partial charge in [-0.1, -0.05) is 40.4 Å². The Bertz CT molecular complexity index is 396. The van der Waals surface area contributed by atoms with E-state index < -0.39 is 0 Å². The van der Waals surface area contributed by atoms with Crippen LogP contribution in [0.15, 0.2) is 16.6 Å². The highest BCUT2D eigenvalue weighted by Gasteiger charge is 2.14. The number of ether oxygens (including phenoxy) is 1. The first-order valence-corrected chi connectivity index (χ1v) is 8.13. The van der Waals surface area contributed by atoms with E-state index in [1.54, 1.807) is 0 Å². The Morgan fingerprint density at radius 2 is 2.11 bits per heavy atom. The maximum atomic E-state index is 6.18. The number of benzene rings is 1. The molecule has 0 radical (unpaired) electrons. The van der Waals surface area contributed by atoms with Gasteiger partial charge >= 0.3 is 0 Å². The van der Waals surface area contributed by atoms with E-state index >= 15 is 0 Å². The van der Waals surface area contributed by atoms with Crippen molar-refractivity contribution in [2.45, 2.75) is 32.6 Å². The lowest BCUT2D eigenvalue weighted by atomic mass is 10.1. The third kappa shape index (κ3) is 4.66. The lowest BCUT2D eigenvalue weighted by Gasteiger charge is -2.13. The predicted molar refractivity (Wildman–Crippen MR) is 84.2 cm³/mol. The van der Waals surface area contributed by atoms with E-state index in [1.807, 2.05) is 19.1 Å². The van der Waals surface area contributed by atoms with Crippen LogP contribution in [0.4, 0.5) is 0 Å². The summed E-state index contributed by atoms with van der Waals surface area (Å²) in [5.74, 6) is 1.67. The van der Waals surface area contributed by atoms with Gasteiger partial charge in [0.25, 0.3) is 0 Å². The summed E-state index contributed by atoms with van der Waals surface area (Å²) >= 11 is 9.60. The summed E-state index contributed by atoms with van der Waals surface area (Å²) in [5.41, 5.74) is 1.06. The average Bonchev–Trinajstić information content (AvgIpc) is 2.84. The fourth-order valence-corrected chi connectivity index (χ4v) is 3.64. The monoisotopic (exact) mass is 345 g/mol. The van der Waals surface area contributed by atoms with Crippen molar-refractivity contribution in [2.24, 2.45) is 5.92 Å². The van der Waals surface area contributed by atoms with Crippen LogP contribution in [0, 0.1) is 12.8 Å². The minimum absolute atomic E-state index is 0.662. The number of hydrogen-bond donors (Lipinski definition) is 1. The van der Waals surface area contributed by atoms with Crippen LogP contribution in [0.5, 0.6) is 5.75 Å². The molecule has 0 aliphatic heterocycles. The molecule has 0 unspecified atom stereocenters. The lowest BCUT2D eigenvalue weighted by Crippen LogP contribution is -2.26. The van der Waals surface area contributed by atoms with Gasteiger partial charge in [0.1, 0.15) is 12.4 Å². The Hall–Kier alpha value is -0.250. The molecule has 1 aromatic rings. The van der Waals surface area contributed by atoms with Crippen molar-refractivity contribution < 1.29 is 4.74 Å². The third-order valence-corrected chi connectivity index (χ3v) is 4.37. The zero-order valence-electron chi connectivity index (χ0n) is 11.3. The zero-order valence-corrected chi connectivity index (χ0v) is 13.7. The van der Waals surface area contributed by atoms with E-state index in [9.17, 15) is 0 Å². The quantitative estimate of drug-likeness (QED) is 0.762. The van der Waals surface area contributed by atoms with Crippen LogP contribution in [-0.2, 0) is 0 Å². The van der Waals surface area contributed by atoms with Gasteiger partial charge in [-0.05, 0) is 49.9 Å². The zero-order chi connectivity index (χ0) is 13.7. The van der Waals surface area contributed by atoms with Gasteiger partial charge in [-0.3, -0.25) is 0 Å². The van der Waals surface area contributed by atoms with E-state index in [0.29, 0.717) is 11.6 Å². The van der Waals surface area contributed by atoms with Gasteiger partial charge < -0.3 is 10.1 Å². The second-order valence-electron chi connectivity index (χ2n) is 5.24. The van der Waals surface area contributed by atoms with Crippen molar-refractivity contribution in [2.75, 3.05) is 19.7 Å². The molecule has 2 rings (SSSR count). The first kappa shape index (κ1) is 15.1. The molecule has 1 N–H and O–H groups in total. The van der Waals surface area contributed by atoms with Crippen molar-refractivity contribution in [1.82, 2.24) is 5.32 Å². The van der Waals surface area contributed by atoms with Gasteiger partial charge in [-0.25, -0.2) is 0 Å². The fourth-order valence-electron chi connectivity index (χ4n) is 2.62. The normalized spacial score (nSPS) is 15.9. The summed E-state index contributed by atoms with van der Waals surface area (Å²) in [7, 11) is 0. The van der Waals surface area contributed by atoms with Crippen LogP contribution in [0.2, 0.25) is 5.02 Å².